The number of fused-ring (bicyclic) bond motifs is 1. The fraction of sp³-hybridized carbons (Fsp3) is 0.375. The zero-order valence-corrected chi connectivity index (χ0v) is 15.0. The summed E-state index contributed by atoms with van der Waals surface area (Å²) < 4.78 is 43.1. The van der Waals surface area contributed by atoms with Crippen molar-refractivity contribution in [1.29, 1.82) is 0 Å². The molecule has 2 aliphatic rings. The lowest BCUT2D eigenvalue weighted by atomic mass is 10.1. The van der Waals surface area contributed by atoms with E-state index in [0.29, 0.717) is 11.4 Å². The second-order valence-electron chi connectivity index (χ2n) is 5.95. The van der Waals surface area contributed by atoms with Crippen LogP contribution >= 0.6 is 11.8 Å². The van der Waals surface area contributed by atoms with Gasteiger partial charge >= 0.3 is 18.2 Å². The van der Waals surface area contributed by atoms with Gasteiger partial charge < -0.3 is 15.4 Å². The van der Waals surface area contributed by atoms with Crippen LogP contribution in [0.5, 0.6) is 0 Å². The number of carbonyl (C=O) groups is 4. The van der Waals surface area contributed by atoms with Crippen molar-refractivity contribution in [3.05, 3.63) is 23.8 Å². The molecule has 2 aliphatic heterocycles. The molecule has 3 rings (SSSR count). The molecule has 28 heavy (non-hydrogen) atoms. The van der Waals surface area contributed by atoms with Crippen molar-refractivity contribution < 1.29 is 37.1 Å². The van der Waals surface area contributed by atoms with Gasteiger partial charge in [-0.1, -0.05) is 0 Å². The Morgan fingerprint density at radius 2 is 2.04 bits per heavy atom. The first-order chi connectivity index (χ1) is 13.1. The summed E-state index contributed by atoms with van der Waals surface area (Å²) in [5.41, 5.74) is -0.876. The molecule has 1 fully saturated rings. The lowest BCUT2D eigenvalue weighted by Gasteiger charge is -2.24. The maximum absolute atomic E-state index is 12.8. The number of esters is 1. The van der Waals surface area contributed by atoms with E-state index in [4.69, 9.17) is 4.74 Å². The number of urea groups is 1. The van der Waals surface area contributed by atoms with E-state index in [9.17, 15) is 32.3 Å². The highest BCUT2D eigenvalue weighted by molar-refractivity contribution is 8.01. The molecule has 0 saturated carbocycles. The molecular weight excluding hydrogens is 403 g/mol. The van der Waals surface area contributed by atoms with Crippen LogP contribution in [-0.2, 0) is 25.3 Å². The molecule has 0 spiro atoms. The minimum atomic E-state index is -4.54. The van der Waals surface area contributed by atoms with Crippen LogP contribution in [0.1, 0.15) is 12.0 Å². The van der Waals surface area contributed by atoms with E-state index in [-0.39, 0.29) is 18.7 Å². The summed E-state index contributed by atoms with van der Waals surface area (Å²) in [6.45, 7) is -0.156. The van der Waals surface area contributed by atoms with Gasteiger partial charge in [-0.05, 0) is 18.2 Å². The number of thioether (sulfide) groups is 1. The zero-order chi connectivity index (χ0) is 20.5. The molecule has 1 atom stereocenters. The van der Waals surface area contributed by atoms with Gasteiger partial charge in [-0.15, -0.1) is 11.8 Å². The molecule has 2 N–H and O–H groups in total. The molecule has 150 valence electrons. The Bertz CT molecular complexity index is 845. The number of nitrogens with one attached hydrogen (secondary N) is 2. The van der Waals surface area contributed by atoms with Gasteiger partial charge in [0, 0.05) is 18.0 Å². The molecule has 1 saturated heterocycles. The molecule has 2 heterocycles. The molecule has 8 nitrogen and oxygen atoms in total. The molecule has 1 aromatic rings. The first-order valence-corrected chi connectivity index (χ1v) is 8.95. The number of carbonyl (C=O) groups excluding carboxylic acids is 4. The molecule has 0 radical (unpaired) electrons. The molecular formula is C16H14F3N3O5S. The zero-order valence-electron chi connectivity index (χ0n) is 14.2. The smallest absolute Gasteiger partial charge is 0.416 e. The minimum Gasteiger partial charge on any atom is -0.456 e. The van der Waals surface area contributed by atoms with Crippen molar-refractivity contribution >= 4 is 41.3 Å². The van der Waals surface area contributed by atoms with Crippen molar-refractivity contribution in [3.8, 4) is 0 Å². The Hall–Kier alpha value is -2.76. The monoisotopic (exact) mass is 417 g/mol. The van der Waals surface area contributed by atoms with Crippen molar-refractivity contribution in [1.82, 2.24) is 10.2 Å². The molecule has 1 unspecified atom stereocenters. The topological polar surface area (TPSA) is 105 Å². The third-order valence-corrected chi connectivity index (χ3v) is 5.27. The van der Waals surface area contributed by atoms with E-state index >= 15 is 0 Å². The SMILES string of the molecule is O=C(CC1Sc2ccc(C(F)(F)F)cc2NC1=O)OCC(=O)N1CCNC1=O. The molecule has 0 aliphatic carbocycles. The van der Waals surface area contributed by atoms with Gasteiger partial charge in [0.2, 0.25) is 5.91 Å². The van der Waals surface area contributed by atoms with E-state index in [1.165, 1.54) is 6.07 Å². The van der Waals surface area contributed by atoms with Crippen LogP contribution in [0.3, 0.4) is 0 Å². The summed E-state index contributed by atoms with van der Waals surface area (Å²) in [5.74, 6) is -2.16. The molecule has 1 aromatic carbocycles. The number of amides is 4. The standard InChI is InChI=1S/C16H14F3N3O5S/c17-16(18,19)8-1-2-10-9(5-8)21-14(25)11(28-10)6-13(24)27-7-12(23)22-4-3-20-15(22)26/h1-2,5,11H,3-4,6-7H2,(H,20,26)(H,21,25). The predicted octanol–water partition coefficient (Wildman–Crippen LogP) is 1.60. The van der Waals surface area contributed by atoms with Crippen LogP contribution in [0.2, 0.25) is 0 Å². The van der Waals surface area contributed by atoms with Crippen molar-refractivity contribution in [2.45, 2.75) is 22.7 Å². The Morgan fingerprint density at radius 3 is 2.68 bits per heavy atom. The van der Waals surface area contributed by atoms with E-state index in [0.717, 1.165) is 28.8 Å². The summed E-state index contributed by atoms with van der Waals surface area (Å²) in [5, 5.41) is 3.86. The number of nitrogens with zero attached hydrogens (tertiary/aromatic N) is 1. The largest absolute Gasteiger partial charge is 0.456 e. The third-order valence-electron chi connectivity index (χ3n) is 3.99. The van der Waals surface area contributed by atoms with Gasteiger partial charge in [-0.3, -0.25) is 19.3 Å². The van der Waals surface area contributed by atoms with Crippen molar-refractivity contribution in [2.24, 2.45) is 0 Å². The van der Waals surface area contributed by atoms with Crippen LogP contribution in [0.15, 0.2) is 23.1 Å². The van der Waals surface area contributed by atoms with Gasteiger partial charge in [0.25, 0.3) is 5.91 Å². The summed E-state index contributed by atoms with van der Waals surface area (Å²) in [6.07, 6.45) is -4.92. The molecule has 4 amide bonds. The Balaban J connectivity index is 1.56. The first-order valence-electron chi connectivity index (χ1n) is 8.08. The number of alkyl halides is 3. The number of ether oxygens (including phenoxy) is 1. The highest BCUT2D eigenvalue weighted by Crippen LogP contribution is 2.40. The number of hydrogen-bond acceptors (Lipinski definition) is 6. The van der Waals surface area contributed by atoms with Gasteiger partial charge in [-0.25, -0.2) is 4.79 Å². The number of imide groups is 1. The van der Waals surface area contributed by atoms with Crippen LogP contribution in [0.25, 0.3) is 0 Å². The maximum atomic E-state index is 12.8. The predicted molar refractivity (Wildman–Crippen MR) is 90.4 cm³/mol. The minimum absolute atomic E-state index is 0.0182. The average molecular weight is 417 g/mol. The Labute approximate surface area is 160 Å². The van der Waals surface area contributed by atoms with Crippen molar-refractivity contribution in [2.75, 3.05) is 25.0 Å². The lowest BCUT2D eigenvalue weighted by Crippen LogP contribution is -2.38. The van der Waals surface area contributed by atoms with E-state index in [1.54, 1.807) is 0 Å². The second kappa shape index (κ2) is 7.70. The molecule has 0 bridgehead atoms. The van der Waals surface area contributed by atoms with Crippen LogP contribution in [0, 0.1) is 0 Å². The summed E-state index contributed by atoms with van der Waals surface area (Å²) in [7, 11) is 0. The van der Waals surface area contributed by atoms with E-state index in [1.807, 2.05) is 0 Å². The fourth-order valence-electron chi connectivity index (χ4n) is 2.60. The van der Waals surface area contributed by atoms with Gasteiger partial charge in [0.15, 0.2) is 6.61 Å². The Kier molecular flexibility index (Phi) is 5.49. The van der Waals surface area contributed by atoms with Crippen LogP contribution in [0.4, 0.5) is 23.7 Å². The highest BCUT2D eigenvalue weighted by Gasteiger charge is 2.35. The lowest BCUT2D eigenvalue weighted by molar-refractivity contribution is -0.151. The number of anilines is 1. The fourth-order valence-corrected chi connectivity index (χ4v) is 3.68. The summed E-state index contributed by atoms with van der Waals surface area (Å²) in [6, 6.07) is 2.36. The summed E-state index contributed by atoms with van der Waals surface area (Å²) >= 11 is 0.933. The quantitative estimate of drug-likeness (QED) is 0.722. The maximum Gasteiger partial charge on any atom is 0.416 e. The number of hydrogen-bond donors (Lipinski definition) is 2. The van der Waals surface area contributed by atoms with Gasteiger partial charge in [0.05, 0.1) is 22.9 Å². The number of benzene rings is 1. The molecule has 0 aromatic heterocycles. The van der Waals surface area contributed by atoms with Crippen LogP contribution < -0.4 is 10.6 Å². The third kappa shape index (κ3) is 4.38. The van der Waals surface area contributed by atoms with Gasteiger partial charge in [-0.2, -0.15) is 13.2 Å². The highest BCUT2D eigenvalue weighted by atomic mass is 32.2. The van der Waals surface area contributed by atoms with Crippen LogP contribution in [-0.4, -0.2) is 53.7 Å². The summed E-state index contributed by atoms with van der Waals surface area (Å²) in [4.78, 5) is 48.5. The first kappa shape index (κ1) is 20.0. The average Bonchev–Trinajstić information content (AvgIpc) is 3.05. The number of halogens is 3. The Morgan fingerprint density at radius 1 is 1.29 bits per heavy atom. The van der Waals surface area contributed by atoms with E-state index < -0.39 is 47.4 Å². The van der Waals surface area contributed by atoms with Gasteiger partial charge in [0.1, 0.15) is 0 Å². The number of rotatable bonds is 4. The van der Waals surface area contributed by atoms with Crippen molar-refractivity contribution in [3.63, 3.8) is 0 Å². The normalized spacial score (nSPS) is 19.0. The second-order valence-corrected chi connectivity index (χ2v) is 7.19. The van der Waals surface area contributed by atoms with E-state index in [2.05, 4.69) is 10.6 Å². The molecule has 12 heteroatoms.